The predicted octanol–water partition coefficient (Wildman–Crippen LogP) is 3.56. The van der Waals surface area contributed by atoms with E-state index in [1.807, 2.05) is 34.9 Å². The molecular weight excluding hydrogens is 398 g/mol. The van der Waals surface area contributed by atoms with Gasteiger partial charge in [-0.2, -0.15) is 0 Å². The van der Waals surface area contributed by atoms with E-state index in [0.717, 1.165) is 11.4 Å². The lowest BCUT2D eigenvalue weighted by Crippen LogP contribution is -2.22. The molecule has 1 heterocycles. The maximum absolute atomic E-state index is 12.4. The molecule has 0 atom stereocenters. The molecule has 3 rings (SSSR count). The summed E-state index contributed by atoms with van der Waals surface area (Å²) in [5, 5.41) is 12.0. The molecule has 2 amide bonds. The fourth-order valence-electron chi connectivity index (χ4n) is 2.81. The monoisotopic (exact) mass is 421 g/mol. The molecule has 0 bridgehead atoms. The topological polar surface area (TPSA) is 80.1 Å². The van der Waals surface area contributed by atoms with Crippen LogP contribution in [0.25, 0.3) is 11.4 Å². The van der Waals surface area contributed by atoms with Crippen LogP contribution in [0.5, 0.6) is 0 Å². The van der Waals surface area contributed by atoms with Gasteiger partial charge in [0, 0.05) is 37.5 Å². The lowest BCUT2D eigenvalue weighted by Gasteiger charge is -2.12. The van der Waals surface area contributed by atoms with E-state index in [2.05, 4.69) is 22.1 Å². The Balaban J connectivity index is 1.68. The molecule has 0 aliphatic rings. The summed E-state index contributed by atoms with van der Waals surface area (Å²) in [5.41, 5.74) is 2.04. The lowest BCUT2D eigenvalue weighted by molar-refractivity contribution is -0.113. The van der Waals surface area contributed by atoms with Gasteiger partial charge >= 0.3 is 0 Å². The molecule has 0 saturated heterocycles. The first kappa shape index (κ1) is 21.3. The third-order valence-electron chi connectivity index (χ3n) is 4.19. The van der Waals surface area contributed by atoms with Crippen LogP contribution in [0.4, 0.5) is 5.69 Å². The lowest BCUT2D eigenvalue weighted by atomic mass is 10.2. The summed E-state index contributed by atoms with van der Waals surface area (Å²) >= 11 is 1.30. The zero-order valence-electron chi connectivity index (χ0n) is 16.9. The van der Waals surface area contributed by atoms with Gasteiger partial charge in [-0.3, -0.25) is 14.2 Å². The van der Waals surface area contributed by atoms with Crippen molar-refractivity contribution < 1.29 is 9.59 Å². The van der Waals surface area contributed by atoms with Gasteiger partial charge in [0.1, 0.15) is 0 Å². The number of carbonyl (C=O) groups is 2. The Hall–Kier alpha value is -3.39. The summed E-state index contributed by atoms with van der Waals surface area (Å²) in [5.74, 6) is 0.583. The van der Waals surface area contributed by atoms with Crippen molar-refractivity contribution in [1.29, 1.82) is 0 Å². The second kappa shape index (κ2) is 9.89. The summed E-state index contributed by atoms with van der Waals surface area (Å²) in [4.78, 5) is 26.0. The van der Waals surface area contributed by atoms with Gasteiger partial charge in [-0.15, -0.1) is 16.8 Å². The van der Waals surface area contributed by atoms with Crippen LogP contribution < -0.4 is 5.32 Å². The van der Waals surface area contributed by atoms with E-state index in [1.165, 1.54) is 16.7 Å². The molecule has 0 spiro atoms. The molecular formula is C22H23N5O2S. The molecule has 2 aromatic carbocycles. The zero-order chi connectivity index (χ0) is 21.5. The van der Waals surface area contributed by atoms with Gasteiger partial charge in [-0.1, -0.05) is 54.2 Å². The van der Waals surface area contributed by atoms with Crippen LogP contribution in [0.3, 0.4) is 0 Å². The number of hydrogen-bond acceptors (Lipinski definition) is 5. The van der Waals surface area contributed by atoms with Gasteiger partial charge in [-0.05, 0) is 18.2 Å². The molecule has 0 fully saturated rings. The number of thioether (sulfide) groups is 1. The number of aromatic nitrogens is 3. The van der Waals surface area contributed by atoms with Gasteiger partial charge in [-0.25, -0.2) is 0 Å². The van der Waals surface area contributed by atoms with Crippen LogP contribution in [0, 0.1) is 0 Å². The van der Waals surface area contributed by atoms with Crippen molar-refractivity contribution >= 4 is 29.3 Å². The molecule has 0 radical (unpaired) electrons. The highest BCUT2D eigenvalue weighted by atomic mass is 32.2. The Morgan fingerprint density at radius 2 is 1.90 bits per heavy atom. The summed E-state index contributed by atoms with van der Waals surface area (Å²) in [6.45, 7) is 4.34. The molecule has 154 valence electrons. The maximum Gasteiger partial charge on any atom is 0.253 e. The average Bonchev–Trinajstić information content (AvgIpc) is 3.15. The van der Waals surface area contributed by atoms with Crippen LogP contribution in [0.15, 0.2) is 72.4 Å². The van der Waals surface area contributed by atoms with Gasteiger partial charge in [0.05, 0.1) is 5.75 Å². The van der Waals surface area contributed by atoms with Crippen LogP contribution in [-0.4, -0.2) is 51.3 Å². The number of nitrogens with zero attached hydrogens (tertiary/aromatic N) is 4. The third kappa shape index (κ3) is 5.15. The highest BCUT2D eigenvalue weighted by Crippen LogP contribution is 2.24. The number of anilines is 1. The average molecular weight is 422 g/mol. The van der Waals surface area contributed by atoms with Crippen molar-refractivity contribution in [1.82, 2.24) is 19.7 Å². The fourth-order valence-corrected chi connectivity index (χ4v) is 3.55. The first-order valence-corrected chi connectivity index (χ1v) is 10.3. The maximum atomic E-state index is 12.4. The van der Waals surface area contributed by atoms with Crippen molar-refractivity contribution in [2.75, 3.05) is 25.2 Å². The van der Waals surface area contributed by atoms with Crippen LogP contribution in [0.1, 0.15) is 10.4 Å². The molecule has 1 N–H and O–H groups in total. The summed E-state index contributed by atoms with van der Waals surface area (Å²) < 4.78 is 1.93. The summed E-state index contributed by atoms with van der Waals surface area (Å²) in [7, 11) is 3.38. The first-order valence-electron chi connectivity index (χ1n) is 9.33. The molecule has 0 unspecified atom stereocenters. The number of carbonyl (C=O) groups excluding carboxylic acids is 2. The van der Waals surface area contributed by atoms with Crippen molar-refractivity contribution in [3.05, 3.63) is 72.8 Å². The molecule has 3 aromatic rings. The second-order valence-corrected chi connectivity index (χ2v) is 7.63. The van der Waals surface area contributed by atoms with Gasteiger partial charge in [0.25, 0.3) is 5.91 Å². The van der Waals surface area contributed by atoms with E-state index in [4.69, 9.17) is 0 Å². The second-order valence-electron chi connectivity index (χ2n) is 6.69. The molecule has 8 heteroatoms. The predicted molar refractivity (Wildman–Crippen MR) is 119 cm³/mol. The Morgan fingerprint density at radius 1 is 1.13 bits per heavy atom. The third-order valence-corrected chi connectivity index (χ3v) is 5.16. The highest BCUT2D eigenvalue weighted by molar-refractivity contribution is 7.99. The molecule has 1 aromatic heterocycles. The van der Waals surface area contributed by atoms with E-state index in [-0.39, 0.29) is 17.6 Å². The Kier molecular flexibility index (Phi) is 7.03. The first-order chi connectivity index (χ1) is 14.5. The van der Waals surface area contributed by atoms with Crippen LogP contribution in [0.2, 0.25) is 0 Å². The van der Waals surface area contributed by atoms with E-state index in [0.29, 0.717) is 23.0 Å². The molecule has 30 heavy (non-hydrogen) atoms. The molecule has 0 saturated carbocycles. The van der Waals surface area contributed by atoms with Gasteiger partial charge in [0.2, 0.25) is 5.91 Å². The highest BCUT2D eigenvalue weighted by Gasteiger charge is 2.15. The SMILES string of the molecule is C=CCn1c(SCC(=O)Nc2cccc(C(=O)N(C)C)c2)nnc1-c1ccccc1. The minimum absolute atomic E-state index is 0.119. The quantitative estimate of drug-likeness (QED) is 0.444. The fraction of sp³-hybridized carbons (Fsp3) is 0.182. The van der Waals surface area contributed by atoms with Crippen molar-refractivity contribution in [3.8, 4) is 11.4 Å². The Labute approximate surface area is 179 Å². The normalized spacial score (nSPS) is 10.5. The number of amides is 2. The molecule has 0 aliphatic carbocycles. The van der Waals surface area contributed by atoms with Crippen LogP contribution >= 0.6 is 11.8 Å². The molecule has 7 nitrogen and oxygen atoms in total. The Morgan fingerprint density at radius 3 is 2.60 bits per heavy atom. The van der Waals surface area contributed by atoms with E-state index in [9.17, 15) is 9.59 Å². The molecule has 0 aliphatic heterocycles. The van der Waals surface area contributed by atoms with E-state index >= 15 is 0 Å². The van der Waals surface area contributed by atoms with Gasteiger partial charge < -0.3 is 10.2 Å². The zero-order valence-corrected chi connectivity index (χ0v) is 17.7. The number of rotatable bonds is 8. The smallest absolute Gasteiger partial charge is 0.253 e. The number of benzene rings is 2. The minimum atomic E-state index is -0.191. The van der Waals surface area contributed by atoms with Gasteiger partial charge in [0.15, 0.2) is 11.0 Å². The standard InChI is InChI=1S/C22H23N5O2S/c1-4-13-27-20(16-9-6-5-7-10-16)24-25-22(27)30-15-19(28)23-18-12-8-11-17(14-18)21(29)26(2)3/h4-12,14H,1,13,15H2,2-3H3,(H,23,28). The number of allylic oxidation sites excluding steroid dienone is 1. The van der Waals surface area contributed by atoms with Crippen molar-refractivity contribution in [3.63, 3.8) is 0 Å². The van der Waals surface area contributed by atoms with E-state index in [1.54, 1.807) is 44.4 Å². The number of hydrogen-bond donors (Lipinski definition) is 1. The van der Waals surface area contributed by atoms with Crippen molar-refractivity contribution in [2.24, 2.45) is 0 Å². The minimum Gasteiger partial charge on any atom is -0.345 e. The largest absolute Gasteiger partial charge is 0.345 e. The Bertz CT molecular complexity index is 1050. The van der Waals surface area contributed by atoms with E-state index < -0.39 is 0 Å². The summed E-state index contributed by atoms with van der Waals surface area (Å²) in [6, 6.07) is 16.6. The summed E-state index contributed by atoms with van der Waals surface area (Å²) in [6.07, 6.45) is 1.77. The number of nitrogens with one attached hydrogen (secondary N) is 1. The van der Waals surface area contributed by atoms with Crippen molar-refractivity contribution in [2.45, 2.75) is 11.7 Å². The van der Waals surface area contributed by atoms with Crippen LogP contribution in [-0.2, 0) is 11.3 Å².